The van der Waals surface area contributed by atoms with Gasteiger partial charge in [-0.25, -0.2) is 0 Å². The predicted octanol–water partition coefficient (Wildman–Crippen LogP) is 2.48. The Morgan fingerprint density at radius 2 is 1.71 bits per heavy atom. The van der Waals surface area contributed by atoms with Gasteiger partial charge in [-0.1, -0.05) is 24.3 Å². The number of hydrogen-bond acceptors (Lipinski definition) is 3. The van der Waals surface area contributed by atoms with Crippen molar-refractivity contribution < 1.29 is 9.90 Å². The van der Waals surface area contributed by atoms with Crippen LogP contribution >= 0.6 is 0 Å². The van der Waals surface area contributed by atoms with Gasteiger partial charge in [-0.15, -0.1) is 0 Å². The van der Waals surface area contributed by atoms with E-state index in [0.717, 1.165) is 5.56 Å². The summed E-state index contributed by atoms with van der Waals surface area (Å²) in [4.78, 5) is 12.1. The van der Waals surface area contributed by atoms with Crippen LogP contribution in [-0.2, 0) is 0 Å². The van der Waals surface area contributed by atoms with E-state index < -0.39 is 0 Å². The van der Waals surface area contributed by atoms with Crippen molar-refractivity contribution in [2.24, 2.45) is 0 Å². The minimum atomic E-state index is -0.0906. The van der Waals surface area contributed by atoms with Gasteiger partial charge in [-0.05, 0) is 23.3 Å². The fraction of sp³-hybridized carbons (Fsp3) is 0. The van der Waals surface area contributed by atoms with Crippen LogP contribution in [0.15, 0.2) is 36.4 Å². The molecular formula is C14H7NO2. The maximum atomic E-state index is 12.1. The molecule has 2 aromatic rings. The molecule has 0 unspecified atom stereocenters. The first-order valence-corrected chi connectivity index (χ1v) is 5.13. The molecule has 0 spiro atoms. The zero-order valence-electron chi connectivity index (χ0n) is 8.77. The minimum Gasteiger partial charge on any atom is -0.507 e. The van der Waals surface area contributed by atoms with Gasteiger partial charge in [0.2, 0.25) is 0 Å². The number of ketones is 1. The Balaban J connectivity index is 2.37. The fourth-order valence-electron chi connectivity index (χ4n) is 2.15. The number of nitrogens with zero attached hydrogens (tertiary/aromatic N) is 1. The van der Waals surface area contributed by atoms with Gasteiger partial charge in [0, 0.05) is 11.1 Å². The van der Waals surface area contributed by atoms with Gasteiger partial charge in [0.25, 0.3) is 0 Å². The van der Waals surface area contributed by atoms with Crippen molar-refractivity contribution in [2.45, 2.75) is 0 Å². The normalized spacial score (nSPS) is 11.8. The first-order chi connectivity index (χ1) is 8.22. The van der Waals surface area contributed by atoms with Crippen molar-refractivity contribution >= 4 is 5.78 Å². The lowest BCUT2D eigenvalue weighted by Gasteiger charge is -2.01. The predicted molar refractivity (Wildman–Crippen MR) is 61.7 cm³/mol. The van der Waals surface area contributed by atoms with Gasteiger partial charge in [0.15, 0.2) is 5.78 Å². The molecule has 3 heteroatoms. The zero-order chi connectivity index (χ0) is 12.0. The van der Waals surface area contributed by atoms with Crippen molar-refractivity contribution in [3.63, 3.8) is 0 Å². The van der Waals surface area contributed by atoms with E-state index in [9.17, 15) is 9.90 Å². The number of fused-ring (bicyclic) bond motifs is 3. The third-order valence-corrected chi connectivity index (χ3v) is 2.96. The molecule has 0 radical (unpaired) electrons. The van der Waals surface area contributed by atoms with E-state index in [1.54, 1.807) is 12.1 Å². The molecule has 0 aliphatic heterocycles. The molecule has 0 saturated heterocycles. The highest BCUT2D eigenvalue weighted by Crippen LogP contribution is 2.39. The van der Waals surface area contributed by atoms with Crippen LogP contribution in [0, 0.1) is 11.3 Å². The molecule has 0 bridgehead atoms. The summed E-state index contributed by atoms with van der Waals surface area (Å²) in [5.41, 5.74) is 2.75. The van der Waals surface area contributed by atoms with Crippen molar-refractivity contribution in [1.29, 1.82) is 5.26 Å². The van der Waals surface area contributed by atoms with Gasteiger partial charge in [-0.2, -0.15) is 5.26 Å². The second-order valence-electron chi connectivity index (χ2n) is 3.90. The molecule has 1 aliphatic rings. The van der Waals surface area contributed by atoms with E-state index in [1.165, 1.54) is 12.1 Å². The van der Waals surface area contributed by atoms with Crippen molar-refractivity contribution in [1.82, 2.24) is 0 Å². The maximum Gasteiger partial charge on any atom is 0.194 e. The second kappa shape index (κ2) is 3.19. The van der Waals surface area contributed by atoms with Crippen LogP contribution in [0.5, 0.6) is 5.75 Å². The average Bonchev–Trinajstić information content (AvgIpc) is 2.63. The molecule has 0 atom stereocenters. The lowest BCUT2D eigenvalue weighted by Crippen LogP contribution is -1.95. The zero-order valence-corrected chi connectivity index (χ0v) is 8.77. The topological polar surface area (TPSA) is 61.1 Å². The molecular weight excluding hydrogens is 214 g/mol. The first kappa shape index (κ1) is 9.61. The Morgan fingerprint density at radius 3 is 2.41 bits per heavy atom. The van der Waals surface area contributed by atoms with Gasteiger partial charge >= 0.3 is 0 Å². The highest BCUT2D eigenvalue weighted by Gasteiger charge is 2.27. The number of carbonyl (C=O) groups is 1. The number of nitriles is 1. The van der Waals surface area contributed by atoms with Crippen molar-refractivity contribution in [3.8, 4) is 22.9 Å². The van der Waals surface area contributed by atoms with Crippen LogP contribution in [0.3, 0.4) is 0 Å². The third kappa shape index (κ3) is 1.18. The Morgan fingerprint density at radius 1 is 1.00 bits per heavy atom. The lowest BCUT2D eigenvalue weighted by atomic mass is 10.0. The molecule has 1 aliphatic carbocycles. The van der Waals surface area contributed by atoms with Gasteiger partial charge in [0.05, 0.1) is 5.56 Å². The lowest BCUT2D eigenvalue weighted by molar-refractivity contribution is 0.104. The standard InChI is InChI=1S/C14H7NO2/c15-7-8-5-12-11(6-13(8)16)9-3-1-2-4-10(9)14(12)17/h1-6,16H. The van der Waals surface area contributed by atoms with Crippen LogP contribution in [-0.4, -0.2) is 10.9 Å². The second-order valence-corrected chi connectivity index (χ2v) is 3.90. The van der Waals surface area contributed by atoms with Crippen LogP contribution in [0.1, 0.15) is 21.5 Å². The molecule has 0 fully saturated rings. The molecule has 17 heavy (non-hydrogen) atoms. The smallest absolute Gasteiger partial charge is 0.194 e. The summed E-state index contributed by atoms with van der Waals surface area (Å²) >= 11 is 0. The van der Waals surface area contributed by atoms with Crippen LogP contribution in [0.25, 0.3) is 11.1 Å². The number of hydrogen-bond donors (Lipinski definition) is 1. The van der Waals surface area contributed by atoms with Gasteiger partial charge in [0.1, 0.15) is 11.8 Å². The van der Waals surface area contributed by atoms with Gasteiger partial charge in [-0.3, -0.25) is 4.79 Å². The molecule has 3 nitrogen and oxygen atoms in total. The van der Waals surface area contributed by atoms with E-state index in [1.807, 2.05) is 18.2 Å². The summed E-state index contributed by atoms with van der Waals surface area (Å²) in [7, 11) is 0. The Bertz CT molecular complexity index is 696. The molecule has 0 heterocycles. The molecule has 0 amide bonds. The van der Waals surface area contributed by atoms with Crippen molar-refractivity contribution in [2.75, 3.05) is 0 Å². The fourth-order valence-corrected chi connectivity index (χ4v) is 2.15. The number of phenols is 1. The quantitative estimate of drug-likeness (QED) is 0.634. The monoisotopic (exact) mass is 221 g/mol. The number of rotatable bonds is 0. The SMILES string of the molecule is N#Cc1cc2c(cc1O)-c1ccccc1C2=O. The molecule has 80 valence electrons. The van der Waals surface area contributed by atoms with E-state index in [4.69, 9.17) is 5.26 Å². The molecule has 0 aromatic heterocycles. The summed E-state index contributed by atoms with van der Waals surface area (Å²) in [5.74, 6) is -0.178. The average molecular weight is 221 g/mol. The van der Waals surface area contributed by atoms with Crippen LogP contribution in [0.4, 0.5) is 0 Å². The third-order valence-electron chi connectivity index (χ3n) is 2.96. The van der Waals surface area contributed by atoms with E-state index in [-0.39, 0.29) is 17.1 Å². The van der Waals surface area contributed by atoms with Gasteiger partial charge < -0.3 is 5.11 Å². The summed E-state index contributed by atoms with van der Waals surface area (Å²) < 4.78 is 0. The van der Waals surface area contributed by atoms with E-state index in [0.29, 0.717) is 16.7 Å². The summed E-state index contributed by atoms with van der Waals surface area (Å²) in [6, 6.07) is 12.0. The Kier molecular flexibility index (Phi) is 1.81. The molecule has 3 rings (SSSR count). The molecule has 0 saturated carbocycles. The Hall–Kier alpha value is -2.60. The number of aromatic hydroxyl groups is 1. The Labute approximate surface area is 97.6 Å². The summed E-state index contributed by atoms with van der Waals surface area (Å²) in [6.07, 6.45) is 0. The highest BCUT2D eigenvalue weighted by atomic mass is 16.3. The number of phenolic OH excluding ortho intramolecular Hbond substituents is 1. The highest BCUT2D eigenvalue weighted by molar-refractivity contribution is 6.22. The van der Waals surface area contributed by atoms with Crippen LogP contribution < -0.4 is 0 Å². The van der Waals surface area contributed by atoms with Crippen LogP contribution in [0.2, 0.25) is 0 Å². The summed E-state index contributed by atoms with van der Waals surface area (Å²) in [5, 5.41) is 18.5. The summed E-state index contributed by atoms with van der Waals surface area (Å²) in [6.45, 7) is 0. The number of benzene rings is 2. The maximum absolute atomic E-state index is 12.1. The largest absolute Gasteiger partial charge is 0.507 e. The van der Waals surface area contributed by atoms with E-state index >= 15 is 0 Å². The van der Waals surface area contributed by atoms with E-state index in [2.05, 4.69) is 0 Å². The minimum absolute atomic E-state index is 0.0873. The molecule has 2 aromatic carbocycles. The van der Waals surface area contributed by atoms with Crippen molar-refractivity contribution in [3.05, 3.63) is 53.1 Å². The molecule has 1 N–H and O–H groups in total. The first-order valence-electron chi connectivity index (χ1n) is 5.13. The number of carbonyl (C=O) groups excluding carboxylic acids is 1.